The zero-order valence-electron chi connectivity index (χ0n) is 35.1. The van der Waals surface area contributed by atoms with Crippen molar-refractivity contribution in [1.82, 2.24) is 29.4 Å². The minimum Gasteiger partial charge on any atom is -0.446 e. The molecule has 3 saturated heterocycles. The summed E-state index contributed by atoms with van der Waals surface area (Å²) in [6.45, 7) is 4.38. The standard InChI is InChI=1S/C46H59FN6O8/c47-40-16-15-32(30-41-37-13-7-8-14-38(37)44(56)53(48-41)46(58)61-34-11-5-2-6-12-34)29-39(40)43(55)51-27-25-50(26-28-51)42(54)31-49-21-17-35(18-22-49)59-36-19-23-52(24-20-36)45(57)60-33-9-3-1-4-10-33/h7-8,13-16,29,33-36H,1-6,9-12,17-28,30-31H2. The van der Waals surface area contributed by atoms with Crippen LogP contribution in [0, 0.1) is 5.82 Å². The van der Waals surface area contributed by atoms with Gasteiger partial charge in [-0.1, -0.05) is 37.1 Å². The van der Waals surface area contributed by atoms with Crippen molar-refractivity contribution in [2.75, 3.05) is 58.9 Å². The van der Waals surface area contributed by atoms with Gasteiger partial charge in [0.25, 0.3) is 11.5 Å². The molecule has 2 aliphatic carbocycles. The van der Waals surface area contributed by atoms with Gasteiger partial charge < -0.3 is 28.9 Å². The molecule has 3 aromatic rings. The largest absolute Gasteiger partial charge is 0.446 e. The van der Waals surface area contributed by atoms with E-state index < -0.39 is 23.4 Å². The van der Waals surface area contributed by atoms with Crippen LogP contribution in [-0.2, 0) is 25.4 Å². The maximum atomic E-state index is 15.3. The van der Waals surface area contributed by atoms with Gasteiger partial charge in [-0.3, -0.25) is 19.3 Å². The molecule has 1 aromatic heterocycles. The molecule has 0 unspecified atom stereocenters. The number of amides is 3. The zero-order valence-corrected chi connectivity index (χ0v) is 35.1. The summed E-state index contributed by atoms with van der Waals surface area (Å²) in [5.74, 6) is -1.10. The summed E-state index contributed by atoms with van der Waals surface area (Å²) >= 11 is 0. The molecule has 3 amide bonds. The summed E-state index contributed by atoms with van der Waals surface area (Å²) in [7, 11) is 0. The number of halogens is 1. The molecule has 328 valence electrons. The Morgan fingerprint density at radius 3 is 1.84 bits per heavy atom. The number of hydrogen-bond acceptors (Lipinski definition) is 10. The maximum Gasteiger partial charge on any atom is 0.438 e. The van der Waals surface area contributed by atoms with E-state index in [1.807, 2.05) is 4.90 Å². The topological polar surface area (TPSA) is 144 Å². The molecule has 5 fully saturated rings. The second kappa shape index (κ2) is 19.9. The highest BCUT2D eigenvalue weighted by Crippen LogP contribution is 2.26. The number of ether oxygens (including phenoxy) is 3. The van der Waals surface area contributed by atoms with Crippen LogP contribution >= 0.6 is 0 Å². The Labute approximate surface area is 356 Å². The zero-order chi connectivity index (χ0) is 42.3. The van der Waals surface area contributed by atoms with E-state index in [1.165, 1.54) is 18.6 Å². The maximum absolute atomic E-state index is 15.3. The number of rotatable bonds is 9. The number of aromatic nitrogens is 2. The van der Waals surface area contributed by atoms with E-state index in [0.29, 0.717) is 54.8 Å². The minimum absolute atomic E-state index is 0.0100. The number of fused-ring (bicyclic) bond motifs is 1. The normalized spacial score (nSPS) is 20.5. The Hall–Kier alpha value is -4.89. The van der Waals surface area contributed by atoms with Crippen LogP contribution in [0.4, 0.5) is 14.0 Å². The summed E-state index contributed by atoms with van der Waals surface area (Å²) < 4.78 is 34.0. The first-order valence-electron chi connectivity index (χ1n) is 22.6. The third-order valence-corrected chi connectivity index (χ3v) is 13.2. The van der Waals surface area contributed by atoms with Crippen molar-refractivity contribution >= 4 is 34.8 Å². The smallest absolute Gasteiger partial charge is 0.438 e. The Bertz CT molecular complexity index is 2090. The van der Waals surface area contributed by atoms with Crippen LogP contribution in [-0.4, -0.2) is 137 Å². The van der Waals surface area contributed by atoms with Crippen LogP contribution in [0.5, 0.6) is 0 Å². The van der Waals surface area contributed by atoms with E-state index in [-0.39, 0.29) is 61.5 Å². The molecule has 61 heavy (non-hydrogen) atoms. The highest BCUT2D eigenvalue weighted by molar-refractivity contribution is 5.95. The highest BCUT2D eigenvalue weighted by atomic mass is 19.1. The van der Waals surface area contributed by atoms with Gasteiger partial charge in [0.05, 0.1) is 35.4 Å². The molecule has 15 heteroatoms. The number of piperidine rings is 2. The second-order valence-corrected chi connectivity index (χ2v) is 17.5. The average Bonchev–Trinajstić information content (AvgIpc) is 3.29. The SMILES string of the molecule is O=C(CN1CCC(OC2CCN(C(=O)OC3CCCCC3)CC2)CC1)N1CCN(C(=O)c2cc(Cc3nn(C(=O)OC4CCCCC4)c(=O)c4ccccc34)ccc2F)CC1. The lowest BCUT2D eigenvalue weighted by atomic mass is 9.98. The molecule has 2 aromatic carbocycles. The van der Waals surface area contributed by atoms with Crippen molar-refractivity contribution in [2.45, 2.75) is 121 Å². The summed E-state index contributed by atoms with van der Waals surface area (Å²) in [6.07, 6.45) is 12.4. The van der Waals surface area contributed by atoms with Crippen LogP contribution in [0.1, 0.15) is 112 Å². The first-order valence-corrected chi connectivity index (χ1v) is 22.6. The number of hydrogen-bond donors (Lipinski definition) is 0. The van der Waals surface area contributed by atoms with Gasteiger partial charge in [-0.25, -0.2) is 14.0 Å². The van der Waals surface area contributed by atoms with Crippen LogP contribution in [0.25, 0.3) is 10.8 Å². The average molecular weight is 843 g/mol. The molecule has 0 atom stereocenters. The van der Waals surface area contributed by atoms with Gasteiger partial charge in [0.15, 0.2) is 0 Å². The number of piperazine rings is 1. The van der Waals surface area contributed by atoms with Crippen molar-refractivity contribution in [3.8, 4) is 0 Å². The van der Waals surface area contributed by atoms with Crippen molar-refractivity contribution in [1.29, 1.82) is 0 Å². The predicted octanol–water partition coefficient (Wildman–Crippen LogP) is 6.14. The molecule has 2 saturated carbocycles. The van der Waals surface area contributed by atoms with Crippen molar-refractivity contribution in [3.63, 3.8) is 0 Å². The summed E-state index contributed by atoms with van der Waals surface area (Å²) in [5, 5.41) is 5.32. The Kier molecular flexibility index (Phi) is 13.9. The monoisotopic (exact) mass is 842 g/mol. The molecule has 14 nitrogen and oxygen atoms in total. The van der Waals surface area contributed by atoms with Gasteiger partial charge in [0.1, 0.15) is 18.0 Å². The van der Waals surface area contributed by atoms with Crippen molar-refractivity contribution < 1.29 is 37.8 Å². The van der Waals surface area contributed by atoms with Gasteiger partial charge >= 0.3 is 12.2 Å². The molecule has 4 heterocycles. The molecule has 0 radical (unpaired) electrons. The van der Waals surface area contributed by atoms with E-state index in [4.69, 9.17) is 14.2 Å². The lowest BCUT2D eigenvalue weighted by Gasteiger charge is -2.38. The van der Waals surface area contributed by atoms with E-state index in [1.54, 1.807) is 40.1 Å². The lowest BCUT2D eigenvalue weighted by Crippen LogP contribution is -2.53. The number of benzene rings is 2. The number of likely N-dealkylation sites (tertiary alicyclic amines) is 2. The summed E-state index contributed by atoms with van der Waals surface area (Å²) in [6, 6.07) is 11.2. The molecular formula is C46H59FN6O8. The van der Waals surface area contributed by atoms with Crippen LogP contribution in [0.15, 0.2) is 47.3 Å². The van der Waals surface area contributed by atoms with Crippen molar-refractivity contribution in [2.24, 2.45) is 0 Å². The molecular weight excluding hydrogens is 784 g/mol. The van der Waals surface area contributed by atoms with Gasteiger partial charge in [-0.05, 0) is 101 Å². The second-order valence-electron chi connectivity index (χ2n) is 17.5. The van der Waals surface area contributed by atoms with Crippen LogP contribution in [0.2, 0.25) is 0 Å². The van der Waals surface area contributed by atoms with Crippen LogP contribution < -0.4 is 5.56 Å². The van der Waals surface area contributed by atoms with Gasteiger partial charge in [0, 0.05) is 64.2 Å². The fourth-order valence-corrected chi connectivity index (χ4v) is 9.60. The van der Waals surface area contributed by atoms with Gasteiger partial charge in [-0.15, -0.1) is 4.68 Å². The van der Waals surface area contributed by atoms with E-state index in [9.17, 15) is 24.0 Å². The Morgan fingerprint density at radius 2 is 1.20 bits per heavy atom. The Morgan fingerprint density at radius 1 is 0.623 bits per heavy atom. The molecule has 5 aliphatic rings. The summed E-state index contributed by atoms with van der Waals surface area (Å²) in [4.78, 5) is 73.6. The number of carbonyl (C=O) groups excluding carboxylic acids is 4. The number of carbonyl (C=O) groups is 4. The quantitative estimate of drug-likeness (QED) is 0.247. The highest BCUT2D eigenvalue weighted by Gasteiger charge is 2.32. The first-order chi connectivity index (χ1) is 29.7. The van der Waals surface area contributed by atoms with E-state index in [0.717, 1.165) is 101 Å². The van der Waals surface area contributed by atoms with Crippen molar-refractivity contribution in [3.05, 3.63) is 75.5 Å². The Balaban J connectivity index is 0.796. The van der Waals surface area contributed by atoms with E-state index >= 15 is 4.39 Å². The molecule has 0 bridgehead atoms. The van der Waals surface area contributed by atoms with Gasteiger partial charge in [0.2, 0.25) is 5.91 Å². The van der Waals surface area contributed by atoms with Crippen LogP contribution in [0.3, 0.4) is 0 Å². The van der Waals surface area contributed by atoms with E-state index in [2.05, 4.69) is 10.00 Å². The molecule has 0 N–H and O–H groups in total. The molecule has 3 aliphatic heterocycles. The third kappa shape index (κ3) is 10.6. The minimum atomic E-state index is -0.815. The fraction of sp³-hybridized carbons (Fsp3) is 0.609. The van der Waals surface area contributed by atoms with Gasteiger partial charge in [-0.2, -0.15) is 5.10 Å². The third-order valence-electron chi connectivity index (χ3n) is 13.2. The summed E-state index contributed by atoms with van der Waals surface area (Å²) in [5.41, 5.74) is 0.365. The lowest BCUT2D eigenvalue weighted by molar-refractivity contribution is -0.135. The first kappa shape index (κ1) is 42.8. The number of nitrogens with zero attached hydrogens (tertiary/aromatic N) is 6. The molecule has 8 rings (SSSR count). The fourth-order valence-electron chi connectivity index (χ4n) is 9.60. The predicted molar refractivity (Wildman–Crippen MR) is 225 cm³/mol. The molecule has 0 spiro atoms.